The molecule has 0 aliphatic carbocycles. The molecule has 0 saturated carbocycles. The van der Waals surface area contributed by atoms with Crippen molar-refractivity contribution in [2.45, 2.75) is 4.90 Å². The van der Waals surface area contributed by atoms with Gasteiger partial charge in [0.05, 0.1) is 11.2 Å². The summed E-state index contributed by atoms with van der Waals surface area (Å²) in [5.41, 5.74) is 1.05. The summed E-state index contributed by atoms with van der Waals surface area (Å²) in [6, 6.07) is 14.8. The number of nitrogens with zero attached hydrogens (tertiary/aromatic N) is 5. The maximum atomic E-state index is 12.6. The van der Waals surface area contributed by atoms with E-state index in [9.17, 15) is 8.42 Å². The minimum atomic E-state index is -4.02. The Kier molecular flexibility index (Phi) is 3.62. The first kappa shape index (κ1) is 15.2. The number of tetrazole rings is 1. The van der Waals surface area contributed by atoms with Crippen LogP contribution in [0.15, 0.2) is 72.0 Å². The average Bonchev–Trinajstić information content (AvgIpc) is 3.16. The summed E-state index contributed by atoms with van der Waals surface area (Å²) < 4.78 is 31.9. The molecule has 9 heteroatoms. The molecule has 2 aromatic carbocycles. The van der Waals surface area contributed by atoms with Crippen LogP contribution in [0.1, 0.15) is 0 Å². The van der Waals surface area contributed by atoms with E-state index in [1.807, 2.05) is 0 Å². The Labute approximate surface area is 142 Å². The molecule has 124 valence electrons. The number of benzene rings is 2. The van der Waals surface area contributed by atoms with Crippen LogP contribution in [0.4, 0.5) is 0 Å². The SMILES string of the molecule is O=S(=O)(Oc1ccc(-n2cnnn2)cc1)c1cccc2cccnc12. The average molecular weight is 353 g/mol. The van der Waals surface area contributed by atoms with Crippen molar-refractivity contribution in [3.63, 3.8) is 0 Å². The third-order valence-electron chi connectivity index (χ3n) is 3.52. The Balaban J connectivity index is 1.67. The third-order valence-corrected chi connectivity index (χ3v) is 4.80. The van der Waals surface area contributed by atoms with E-state index in [0.29, 0.717) is 11.2 Å². The van der Waals surface area contributed by atoms with Crippen LogP contribution in [0, 0.1) is 0 Å². The largest absolute Gasteiger partial charge is 0.379 e. The minimum absolute atomic E-state index is 0.0233. The summed E-state index contributed by atoms with van der Waals surface area (Å²) in [7, 11) is -4.02. The summed E-state index contributed by atoms with van der Waals surface area (Å²) >= 11 is 0. The lowest BCUT2D eigenvalue weighted by Gasteiger charge is -2.09. The van der Waals surface area contributed by atoms with E-state index in [0.717, 1.165) is 5.39 Å². The molecule has 0 aliphatic heterocycles. The van der Waals surface area contributed by atoms with Crippen molar-refractivity contribution in [1.82, 2.24) is 25.2 Å². The van der Waals surface area contributed by atoms with Gasteiger partial charge in [0.25, 0.3) is 0 Å². The molecule has 2 heterocycles. The summed E-state index contributed by atoms with van der Waals surface area (Å²) in [5.74, 6) is 0.185. The quantitative estimate of drug-likeness (QED) is 0.517. The van der Waals surface area contributed by atoms with Gasteiger partial charge in [-0.3, -0.25) is 4.98 Å². The molecule has 0 spiro atoms. The van der Waals surface area contributed by atoms with E-state index in [2.05, 4.69) is 20.5 Å². The molecular weight excluding hydrogens is 342 g/mol. The van der Waals surface area contributed by atoms with Gasteiger partial charge in [-0.1, -0.05) is 18.2 Å². The number of hydrogen-bond acceptors (Lipinski definition) is 7. The molecule has 2 aromatic heterocycles. The Morgan fingerprint density at radius 2 is 1.76 bits per heavy atom. The van der Waals surface area contributed by atoms with Crippen LogP contribution in [-0.4, -0.2) is 33.6 Å². The molecule has 0 saturated heterocycles. The monoisotopic (exact) mass is 353 g/mol. The van der Waals surface area contributed by atoms with Crippen molar-refractivity contribution < 1.29 is 12.6 Å². The predicted octanol–water partition coefficient (Wildman–Crippen LogP) is 1.98. The fraction of sp³-hybridized carbons (Fsp3) is 0. The van der Waals surface area contributed by atoms with Gasteiger partial charge in [-0.05, 0) is 46.8 Å². The van der Waals surface area contributed by atoms with Crippen molar-refractivity contribution in [3.05, 3.63) is 67.1 Å². The smallest absolute Gasteiger partial charge is 0.341 e. The highest BCUT2D eigenvalue weighted by Gasteiger charge is 2.20. The lowest BCUT2D eigenvalue weighted by atomic mass is 10.2. The first-order chi connectivity index (χ1) is 12.1. The normalized spacial score (nSPS) is 11.5. The molecule has 4 rings (SSSR count). The Morgan fingerprint density at radius 1 is 0.960 bits per heavy atom. The molecule has 0 atom stereocenters. The van der Waals surface area contributed by atoms with Crippen molar-refractivity contribution in [1.29, 1.82) is 0 Å². The van der Waals surface area contributed by atoms with Crippen LogP contribution < -0.4 is 4.18 Å². The highest BCUT2D eigenvalue weighted by molar-refractivity contribution is 7.87. The van der Waals surface area contributed by atoms with Gasteiger partial charge in [0, 0.05) is 11.6 Å². The Bertz CT molecular complexity index is 1120. The van der Waals surface area contributed by atoms with Gasteiger partial charge < -0.3 is 4.18 Å². The van der Waals surface area contributed by atoms with Gasteiger partial charge in [-0.2, -0.15) is 8.42 Å². The first-order valence-corrected chi connectivity index (χ1v) is 8.66. The zero-order valence-corrected chi connectivity index (χ0v) is 13.5. The number of pyridine rings is 1. The number of para-hydroxylation sites is 1. The second-order valence-corrected chi connectivity index (χ2v) is 6.63. The van der Waals surface area contributed by atoms with Gasteiger partial charge in [0.15, 0.2) is 0 Å². The first-order valence-electron chi connectivity index (χ1n) is 7.25. The van der Waals surface area contributed by atoms with Crippen LogP contribution in [-0.2, 0) is 10.1 Å². The molecule has 0 unspecified atom stereocenters. The van der Waals surface area contributed by atoms with Crippen molar-refractivity contribution in [3.8, 4) is 11.4 Å². The number of aromatic nitrogens is 5. The topological polar surface area (TPSA) is 99.9 Å². The fourth-order valence-electron chi connectivity index (χ4n) is 2.38. The molecule has 0 radical (unpaired) electrons. The fourth-order valence-corrected chi connectivity index (χ4v) is 3.49. The number of rotatable bonds is 4. The Hall–Kier alpha value is -3.33. The van der Waals surface area contributed by atoms with Gasteiger partial charge >= 0.3 is 10.1 Å². The highest BCUT2D eigenvalue weighted by atomic mass is 32.2. The van der Waals surface area contributed by atoms with Crippen LogP contribution in [0.3, 0.4) is 0 Å². The van der Waals surface area contributed by atoms with Crippen LogP contribution in [0.2, 0.25) is 0 Å². The van der Waals surface area contributed by atoms with Crippen molar-refractivity contribution in [2.75, 3.05) is 0 Å². The summed E-state index contributed by atoms with van der Waals surface area (Å²) in [5, 5.41) is 11.6. The van der Waals surface area contributed by atoms with E-state index in [-0.39, 0.29) is 10.6 Å². The van der Waals surface area contributed by atoms with Crippen molar-refractivity contribution in [2.24, 2.45) is 0 Å². The maximum Gasteiger partial charge on any atom is 0.341 e. The molecule has 25 heavy (non-hydrogen) atoms. The molecular formula is C16H11N5O3S. The van der Waals surface area contributed by atoms with E-state index in [1.165, 1.54) is 29.2 Å². The second kappa shape index (κ2) is 5.95. The number of fused-ring (bicyclic) bond motifs is 1. The molecule has 0 amide bonds. The molecule has 0 aliphatic rings. The molecule has 0 bridgehead atoms. The van der Waals surface area contributed by atoms with E-state index in [1.54, 1.807) is 42.6 Å². The maximum absolute atomic E-state index is 12.6. The molecule has 8 nitrogen and oxygen atoms in total. The highest BCUT2D eigenvalue weighted by Crippen LogP contribution is 2.25. The van der Waals surface area contributed by atoms with Gasteiger partial charge in [-0.25, -0.2) is 4.68 Å². The zero-order chi connectivity index (χ0) is 17.3. The third kappa shape index (κ3) is 2.92. The molecule has 0 fully saturated rings. The van der Waals surface area contributed by atoms with E-state index >= 15 is 0 Å². The standard InChI is InChI=1S/C16H11N5O3S/c22-25(23,15-5-1-3-12-4-2-10-17-16(12)15)24-14-8-6-13(7-9-14)21-11-18-19-20-21/h1-11H. The van der Waals surface area contributed by atoms with Crippen LogP contribution in [0.25, 0.3) is 16.6 Å². The van der Waals surface area contributed by atoms with Gasteiger partial charge in [-0.15, -0.1) is 5.10 Å². The second-order valence-electron chi connectivity index (χ2n) is 5.12. The van der Waals surface area contributed by atoms with Gasteiger partial charge in [0.2, 0.25) is 0 Å². The van der Waals surface area contributed by atoms with E-state index in [4.69, 9.17) is 4.18 Å². The molecule has 0 N–H and O–H groups in total. The van der Waals surface area contributed by atoms with Crippen molar-refractivity contribution >= 4 is 21.0 Å². The minimum Gasteiger partial charge on any atom is -0.379 e. The molecule has 4 aromatic rings. The summed E-state index contributed by atoms with van der Waals surface area (Å²) in [6.45, 7) is 0. The predicted molar refractivity (Wildman–Crippen MR) is 88.7 cm³/mol. The summed E-state index contributed by atoms with van der Waals surface area (Å²) in [6.07, 6.45) is 2.98. The van der Waals surface area contributed by atoms with Crippen LogP contribution >= 0.6 is 0 Å². The number of hydrogen-bond donors (Lipinski definition) is 0. The Morgan fingerprint density at radius 3 is 2.52 bits per heavy atom. The lowest BCUT2D eigenvalue weighted by Crippen LogP contribution is -2.10. The summed E-state index contributed by atoms with van der Waals surface area (Å²) in [4.78, 5) is 4.18. The van der Waals surface area contributed by atoms with Gasteiger partial charge in [0.1, 0.15) is 17.0 Å². The zero-order valence-electron chi connectivity index (χ0n) is 12.7. The lowest BCUT2D eigenvalue weighted by molar-refractivity contribution is 0.487. The van der Waals surface area contributed by atoms with E-state index < -0.39 is 10.1 Å². The van der Waals surface area contributed by atoms with Crippen LogP contribution in [0.5, 0.6) is 5.75 Å².